The average Bonchev–Trinajstić information content (AvgIpc) is 3.07. The molecule has 2 aliphatic rings. The largest absolute Gasteiger partial charge is 0.377 e. The van der Waals surface area contributed by atoms with Gasteiger partial charge in [-0.15, -0.1) is 0 Å². The maximum atomic E-state index is 12.7. The smallest absolute Gasteiger partial charge is 0.223 e. The Bertz CT molecular complexity index is 601. The minimum atomic E-state index is 0.0272. The second kappa shape index (κ2) is 9.94. The monoisotopic (exact) mass is 394 g/mol. The lowest BCUT2D eigenvalue weighted by atomic mass is 9.83. The Morgan fingerprint density at radius 3 is 2.78 bits per heavy atom. The third-order valence-electron chi connectivity index (χ3n) is 5.82. The molecule has 1 amide bonds. The molecule has 3 atom stereocenters. The quantitative estimate of drug-likeness (QED) is 0.743. The van der Waals surface area contributed by atoms with Crippen molar-refractivity contribution >= 4 is 17.7 Å². The summed E-state index contributed by atoms with van der Waals surface area (Å²) in [6, 6.07) is 0.375. The van der Waals surface area contributed by atoms with Crippen molar-refractivity contribution in [2.75, 3.05) is 6.61 Å². The Labute approximate surface area is 167 Å². The van der Waals surface area contributed by atoms with Crippen LogP contribution in [0.3, 0.4) is 0 Å². The summed E-state index contributed by atoms with van der Waals surface area (Å²) in [4.78, 5) is 17.2. The molecule has 0 spiro atoms. The summed E-state index contributed by atoms with van der Waals surface area (Å²) in [7, 11) is 2.04. The molecule has 0 saturated heterocycles. The fourth-order valence-corrected chi connectivity index (χ4v) is 5.27. The molecule has 7 heteroatoms. The zero-order chi connectivity index (χ0) is 19.2. The van der Waals surface area contributed by atoms with E-state index in [1.165, 1.54) is 0 Å². The maximum absolute atomic E-state index is 12.7. The number of ether oxygens (including phenoxy) is 1. The number of nitrogens with zero attached hydrogens (tertiary/aromatic N) is 2. The van der Waals surface area contributed by atoms with E-state index >= 15 is 0 Å². The van der Waals surface area contributed by atoms with Crippen LogP contribution in [0.15, 0.2) is 17.6 Å². The first-order chi connectivity index (χ1) is 13.1. The van der Waals surface area contributed by atoms with Crippen molar-refractivity contribution in [2.45, 2.75) is 86.9 Å². The Hall–Kier alpha value is -1.05. The zero-order valence-electron chi connectivity index (χ0n) is 16.6. The number of thioether (sulfide) groups is 1. The number of aromatic nitrogens is 2. The molecule has 2 aliphatic carbocycles. The number of imidazole rings is 1. The van der Waals surface area contributed by atoms with E-state index in [-0.39, 0.29) is 24.0 Å². The van der Waals surface area contributed by atoms with Crippen molar-refractivity contribution in [3.8, 4) is 0 Å². The van der Waals surface area contributed by atoms with Crippen LogP contribution in [0.1, 0.15) is 58.3 Å². The SMILES string of the molecule is CCCO[C@@H]1C[C@@H](C(=O)NC2CCC(Sc3nccn3C)CC2)CC[C@H]1N. The molecule has 27 heavy (non-hydrogen) atoms. The van der Waals surface area contributed by atoms with Gasteiger partial charge in [-0.2, -0.15) is 0 Å². The van der Waals surface area contributed by atoms with Crippen LogP contribution in [-0.4, -0.2) is 45.5 Å². The highest BCUT2D eigenvalue weighted by Gasteiger charge is 2.34. The predicted molar refractivity (Wildman–Crippen MR) is 109 cm³/mol. The number of hydrogen-bond acceptors (Lipinski definition) is 5. The predicted octanol–water partition coefficient (Wildman–Crippen LogP) is 2.86. The Morgan fingerprint density at radius 1 is 1.33 bits per heavy atom. The standard InChI is InChI=1S/C20H34N4O2S/c1-3-12-26-18-13-14(4-9-17(18)21)19(25)23-15-5-7-16(8-6-15)27-20-22-10-11-24(20)2/h10-11,14-18H,3-9,12-13,21H2,1-2H3,(H,23,25)/t14-,15?,16?,17+,18+/m0/s1. The van der Waals surface area contributed by atoms with E-state index in [0.717, 1.165) is 63.1 Å². The van der Waals surface area contributed by atoms with Crippen LogP contribution in [0, 0.1) is 5.92 Å². The molecule has 0 bridgehead atoms. The fourth-order valence-electron chi connectivity index (χ4n) is 4.11. The lowest BCUT2D eigenvalue weighted by Crippen LogP contribution is -2.48. The molecule has 1 heterocycles. The van der Waals surface area contributed by atoms with E-state index in [9.17, 15) is 4.79 Å². The van der Waals surface area contributed by atoms with Crippen LogP contribution in [0.25, 0.3) is 0 Å². The number of aryl methyl sites for hydroxylation is 1. The highest BCUT2D eigenvalue weighted by molar-refractivity contribution is 7.99. The summed E-state index contributed by atoms with van der Waals surface area (Å²) in [6.07, 6.45) is 11.7. The number of carbonyl (C=O) groups is 1. The molecule has 2 fully saturated rings. The summed E-state index contributed by atoms with van der Waals surface area (Å²) in [6.45, 7) is 2.82. The van der Waals surface area contributed by atoms with Gasteiger partial charge in [0.1, 0.15) is 0 Å². The van der Waals surface area contributed by atoms with Crippen LogP contribution < -0.4 is 11.1 Å². The van der Waals surface area contributed by atoms with E-state index in [0.29, 0.717) is 11.3 Å². The minimum Gasteiger partial charge on any atom is -0.377 e. The average molecular weight is 395 g/mol. The molecule has 0 aliphatic heterocycles. The molecular weight excluding hydrogens is 360 g/mol. The molecule has 2 saturated carbocycles. The van der Waals surface area contributed by atoms with E-state index in [2.05, 4.69) is 21.8 Å². The van der Waals surface area contributed by atoms with Gasteiger partial charge in [-0.3, -0.25) is 4.79 Å². The Kier molecular flexibility index (Phi) is 7.61. The van der Waals surface area contributed by atoms with Gasteiger partial charge in [0.05, 0.1) is 6.10 Å². The normalized spacial score (nSPS) is 31.6. The maximum Gasteiger partial charge on any atom is 0.223 e. The van der Waals surface area contributed by atoms with Crippen molar-refractivity contribution in [2.24, 2.45) is 18.7 Å². The van der Waals surface area contributed by atoms with Gasteiger partial charge < -0.3 is 20.4 Å². The molecule has 0 unspecified atom stereocenters. The number of carbonyl (C=O) groups excluding carboxylic acids is 1. The summed E-state index contributed by atoms with van der Waals surface area (Å²) in [5, 5.41) is 4.98. The van der Waals surface area contributed by atoms with E-state index < -0.39 is 0 Å². The van der Waals surface area contributed by atoms with E-state index in [1.807, 2.05) is 31.2 Å². The number of hydrogen-bond donors (Lipinski definition) is 2. The topological polar surface area (TPSA) is 82.2 Å². The highest BCUT2D eigenvalue weighted by atomic mass is 32.2. The van der Waals surface area contributed by atoms with Crippen LogP contribution in [0.5, 0.6) is 0 Å². The van der Waals surface area contributed by atoms with Gasteiger partial charge in [-0.25, -0.2) is 4.98 Å². The van der Waals surface area contributed by atoms with Crippen molar-refractivity contribution < 1.29 is 9.53 Å². The third kappa shape index (κ3) is 5.72. The van der Waals surface area contributed by atoms with Gasteiger partial charge in [0.15, 0.2) is 5.16 Å². The van der Waals surface area contributed by atoms with Crippen molar-refractivity contribution in [3.63, 3.8) is 0 Å². The molecular formula is C20H34N4O2S. The van der Waals surface area contributed by atoms with Gasteiger partial charge in [0, 0.05) is 49.3 Å². The molecule has 3 N–H and O–H groups in total. The Morgan fingerprint density at radius 2 is 2.11 bits per heavy atom. The van der Waals surface area contributed by atoms with Gasteiger partial charge in [-0.05, 0) is 51.4 Å². The van der Waals surface area contributed by atoms with Crippen LogP contribution in [-0.2, 0) is 16.6 Å². The lowest BCUT2D eigenvalue weighted by Gasteiger charge is -2.35. The molecule has 1 aromatic rings. The first kappa shape index (κ1) is 20.7. The molecule has 152 valence electrons. The van der Waals surface area contributed by atoms with Gasteiger partial charge in [-0.1, -0.05) is 18.7 Å². The summed E-state index contributed by atoms with van der Waals surface area (Å²) < 4.78 is 7.95. The molecule has 3 rings (SSSR count). The summed E-state index contributed by atoms with van der Waals surface area (Å²) >= 11 is 1.86. The zero-order valence-corrected chi connectivity index (χ0v) is 17.4. The second-order valence-electron chi connectivity index (χ2n) is 8.00. The second-order valence-corrected chi connectivity index (χ2v) is 9.27. The number of rotatable bonds is 7. The fraction of sp³-hybridized carbons (Fsp3) is 0.800. The van der Waals surface area contributed by atoms with Gasteiger partial charge >= 0.3 is 0 Å². The lowest BCUT2D eigenvalue weighted by molar-refractivity contribution is -0.129. The van der Waals surface area contributed by atoms with E-state index in [4.69, 9.17) is 10.5 Å². The van der Waals surface area contributed by atoms with E-state index in [1.54, 1.807) is 0 Å². The third-order valence-corrected chi connectivity index (χ3v) is 7.23. The number of nitrogens with one attached hydrogen (secondary N) is 1. The van der Waals surface area contributed by atoms with Crippen molar-refractivity contribution in [1.82, 2.24) is 14.9 Å². The van der Waals surface area contributed by atoms with Gasteiger partial charge in [0.25, 0.3) is 0 Å². The first-order valence-electron chi connectivity index (χ1n) is 10.4. The van der Waals surface area contributed by atoms with Gasteiger partial charge in [0.2, 0.25) is 5.91 Å². The number of nitrogens with two attached hydrogens (primary N) is 1. The summed E-state index contributed by atoms with van der Waals surface area (Å²) in [5.74, 6) is 0.249. The van der Waals surface area contributed by atoms with Crippen molar-refractivity contribution in [3.05, 3.63) is 12.4 Å². The van der Waals surface area contributed by atoms with Crippen LogP contribution >= 0.6 is 11.8 Å². The molecule has 6 nitrogen and oxygen atoms in total. The summed E-state index contributed by atoms with van der Waals surface area (Å²) in [5.41, 5.74) is 6.18. The minimum absolute atomic E-state index is 0.0272. The van der Waals surface area contributed by atoms with Crippen LogP contribution in [0.4, 0.5) is 0 Å². The van der Waals surface area contributed by atoms with Crippen molar-refractivity contribution in [1.29, 1.82) is 0 Å². The first-order valence-corrected chi connectivity index (χ1v) is 11.3. The Balaban J connectivity index is 1.42. The molecule has 0 radical (unpaired) electrons. The molecule has 0 aromatic carbocycles. The molecule has 1 aromatic heterocycles. The highest BCUT2D eigenvalue weighted by Crippen LogP contribution is 2.33. The van der Waals surface area contributed by atoms with Crippen LogP contribution in [0.2, 0.25) is 0 Å². The number of amides is 1.